The average molecular weight is 377 g/mol. The molecule has 1 fully saturated rings. The highest BCUT2D eigenvalue weighted by Crippen LogP contribution is 2.42. The molecule has 28 heavy (non-hydrogen) atoms. The molecule has 1 saturated heterocycles. The second kappa shape index (κ2) is 7.67. The topological polar surface area (TPSA) is 85.8 Å². The van der Waals surface area contributed by atoms with Gasteiger partial charge in [-0.15, -0.1) is 10.2 Å². The van der Waals surface area contributed by atoms with Crippen molar-refractivity contribution in [2.45, 2.75) is 44.6 Å². The molecule has 1 N–H and O–H groups in total. The molecule has 1 atom stereocenters. The van der Waals surface area contributed by atoms with Crippen LogP contribution in [0.25, 0.3) is 22.5 Å². The van der Waals surface area contributed by atoms with Gasteiger partial charge in [0.15, 0.2) is 0 Å². The molecule has 3 heterocycles. The Kier molecular flexibility index (Phi) is 4.74. The van der Waals surface area contributed by atoms with Crippen LogP contribution in [-0.4, -0.2) is 44.9 Å². The number of pyridine rings is 1. The van der Waals surface area contributed by atoms with Gasteiger partial charge in [0, 0.05) is 17.7 Å². The van der Waals surface area contributed by atoms with Crippen molar-refractivity contribution in [3.8, 4) is 28.4 Å². The van der Waals surface area contributed by atoms with Gasteiger partial charge in [0.05, 0.1) is 18.8 Å². The Morgan fingerprint density at radius 3 is 2.71 bits per heavy atom. The van der Waals surface area contributed by atoms with Crippen molar-refractivity contribution in [3.05, 3.63) is 41.6 Å². The summed E-state index contributed by atoms with van der Waals surface area (Å²) < 4.78 is 11.8. The number of ether oxygens (including phenoxy) is 2. The van der Waals surface area contributed by atoms with Gasteiger partial charge in [-0.2, -0.15) is 5.21 Å². The predicted molar refractivity (Wildman–Crippen MR) is 104 cm³/mol. The quantitative estimate of drug-likeness (QED) is 0.702. The zero-order valence-electron chi connectivity index (χ0n) is 15.7. The molecule has 5 rings (SSSR count). The smallest absolute Gasteiger partial charge is 0.226 e. The highest BCUT2D eigenvalue weighted by molar-refractivity contribution is 5.86. The number of benzene rings is 1. The molecule has 0 spiro atoms. The van der Waals surface area contributed by atoms with E-state index in [4.69, 9.17) is 14.5 Å². The van der Waals surface area contributed by atoms with Crippen LogP contribution in [0, 0.1) is 0 Å². The molecule has 1 unspecified atom stereocenters. The van der Waals surface area contributed by atoms with E-state index in [2.05, 4.69) is 44.9 Å². The molecule has 0 radical (unpaired) electrons. The molecule has 7 heteroatoms. The van der Waals surface area contributed by atoms with Crippen LogP contribution in [0.5, 0.6) is 5.88 Å². The standard InChI is InChI=1S/C21H23N5O2/c1-3-7-14(8-4-1)18-16-9-5-2-6-10-17(16)22-21(28-15-11-12-27-13-15)19(18)20-23-25-26-24-20/h1,3-4,7-8,15H,2,5-6,9-13H2,(H,23,24,25,26). The summed E-state index contributed by atoms with van der Waals surface area (Å²) in [4.78, 5) is 4.98. The van der Waals surface area contributed by atoms with Crippen molar-refractivity contribution >= 4 is 0 Å². The average Bonchev–Trinajstić information content (AvgIpc) is 3.39. The number of aromatic amines is 1. The molecule has 144 valence electrons. The number of hydrogen-bond donors (Lipinski definition) is 1. The molecular formula is C21H23N5O2. The van der Waals surface area contributed by atoms with Crippen LogP contribution < -0.4 is 4.74 Å². The number of nitrogens with one attached hydrogen (secondary N) is 1. The van der Waals surface area contributed by atoms with Crippen molar-refractivity contribution in [2.24, 2.45) is 0 Å². The first kappa shape index (κ1) is 17.3. The molecule has 7 nitrogen and oxygen atoms in total. The van der Waals surface area contributed by atoms with E-state index < -0.39 is 0 Å². The molecule has 2 aliphatic rings. The minimum atomic E-state index is 0.00519. The third kappa shape index (κ3) is 3.26. The molecular weight excluding hydrogens is 354 g/mol. The van der Waals surface area contributed by atoms with E-state index in [0.717, 1.165) is 61.1 Å². The van der Waals surface area contributed by atoms with Crippen LogP contribution >= 0.6 is 0 Å². The third-order valence-corrected chi connectivity index (χ3v) is 5.49. The van der Waals surface area contributed by atoms with Gasteiger partial charge in [-0.25, -0.2) is 4.98 Å². The molecule has 1 aliphatic carbocycles. The largest absolute Gasteiger partial charge is 0.471 e. The maximum atomic E-state index is 6.34. The van der Waals surface area contributed by atoms with E-state index in [9.17, 15) is 0 Å². The van der Waals surface area contributed by atoms with Gasteiger partial charge in [0.1, 0.15) is 6.10 Å². The highest BCUT2D eigenvalue weighted by atomic mass is 16.5. The van der Waals surface area contributed by atoms with Crippen molar-refractivity contribution in [3.63, 3.8) is 0 Å². The summed E-state index contributed by atoms with van der Waals surface area (Å²) in [5.74, 6) is 1.11. The number of fused-ring (bicyclic) bond motifs is 1. The Bertz CT molecular complexity index is 937. The summed E-state index contributed by atoms with van der Waals surface area (Å²) in [5, 5.41) is 14.9. The molecule has 0 amide bonds. The van der Waals surface area contributed by atoms with Crippen molar-refractivity contribution in [1.82, 2.24) is 25.6 Å². The number of H-pyrrole nitrogens is 1. The number of aryl methyl sites for hydroxylation is 1. The fourth-order valence-corrected chi connectivity index (χ4v) is 4.14. The SMILES string of the molecule is c1ccc(-c2c3c(nc(OC4CCOC4)c2-c2nn[nH]n2)CCCCC3)cc1. The Morgan fingerprint density at radius 1 is 1.04 bits per heavy atom. The molecule has 1 aromatic carbocycles. The second-order valence-electron chi connectivity index (χ2n) is 7.36. The Balaban J connectivity index is 1.75. The van der Waals surface area contributed by atoms with Crippen LogP contribution in [0.2, 0.25) is 0 Å². The summed E-state index contributed by atoms with van der Waals surface area (Å²) >= 11 is 0. The Labute approximate surface area is 163 Å². The molecule has 1 aliphatic heterocycles. The third-order valence-electron chi connectivity index (χ3n) is 5.49. The zero-order chi connectivity index (χ0) is 18.8. The lowest BCUT2D eigenvalue weighted by Gasteiger charge is -2.21. The monoisotopic (exact) mass is 377 g/mol. The fraction of sp³-hybridized carbons (Fsp3) is 0.429. The maximum Gasteiger partial charge on any atom is 0.226 e. The first-order chi connectivity index (χ1) is 13.9. The van der Waals surface area contributed by atoms with Gasteiger partial charge in [-0.05, 0) is 42.0 Å². The molecule has 2 aromatic heterocycles. The molecule has 3 aromatic rings. The van der Waals surface area contributed by atoms with Crippen LogP contribution in [-0.2, 0) is 17.6 Å². The molecule has 0 saturated carbocycles. The summed E-state index contributed by atoms with van der Waals surface area (Å²) in [6.45, 7) is 1.31. The molecule has 0 bridgehead atoms. The van der Waals surface area contributed by atoms with Crippen LogP contribution in [0.1, 0.15) is 36.9 Å². The van der Waals surface area contributed by atoms with E-state index in [1.165, 1.54) is 12.0 Å². The zero-order valence-corrected chi connectivity index (χ0v) is 15.7. The predicted octanol–water partition coefficient (Wildman–Crippen LogP) is 3.37. The fourth-order valence-electron chi connectivity index (χ4n) is 4.14. The number of tetrazole rings is 1. The summed E-state index contributed by atoms with van der Waals surface area (Å²) in [6.07, 6.45) is 6.38. The minimum Gasteiger partial charge on any atom is -0.471 e. The number of nitrogens with zero attached hydrogens (tertiary/aromatic N) is 4. The lowest BCUT2D eigenvalue weighted by atomic mass is 9.91. The van der Waals surface area contributed by atoms with Crippen molar-refractivity contribution in [1.29, 1.82) is 0 Å². The van der Waals surface area contributed by atoms with Gasteiger partial charge in [-0.3, -0.25) is 0 Å². The van der Waals surface area contributed by atoms with Crippen LogP contribution in [0.4, 0.5) is 0 Å². The van der Waals surface area contributed by atoms with Gasteiger partial charge >= 0.3 is 0 Å². The second-order valence-corrected chi connectivity index (χ2v) is 7.36. The maximum absolute atomic E-state index is 6.34. The number of hydrogen-bond acceptors (Lipinski definition) is 6. The van der Waals surface area contributed by atoms with E-state index in [-0.39, 0.29) is 6.10 Å². The lowest BCUT2D eigenvalue weighted by molar-refractivity contribution is 0.138. The normalized spacial score (nSPS) is 19.2. The minimum absolute atomic E-state index is 0.00519. The van der Waals surface area contributed by atoms with E-state index in [0.29, 0.717) is 18.3 Å². The Hall–Kier alpha value is -2.80. The Morgan fingerprint density at radius 2 is 1.93 bits per heavy atom. The lowest BCUT2D eigenvalue weighted by Crippen LogP contribution is -2.18. The van der Waals surface area contributed by atoms with Crippen molar-refractivity contribution in [2.75, 3.05) is 13.2 Å². The van der Waals surface area contributed by atoms with Crippen LogP contribution in [0.3, 0.4) is 0 Å². The van der Waals surface area contributed by atoms with Gasteiger partial charge in [0.2, 0.25) is 11.7 Å². The van der Waals surface area contributed by atoms with Gasteiger partial charge in [-0.1, -0.05) is 36.8 Å². The summed E-state index contributed by atoms with van der Waals surface area (Å²) in [6, 6.07) is 10.4. The number of aromatic nitrogens is 5. The van der Waals surface area contributed by atoms with Gasteiger partial charge < -0.3 is 9.47 Å². The number of rotatable bonds is 4. The van der Waals surface area contributed by atoms with E-state index in [1.54, 1.807) is 0 Å². The summed E-state index contributed by atoms with van der Waals surface area (Å²) in [5.41, 5.74) is 5.52. The van der Waals surface area contributed by atoms with Gasteiger partial charge in [0.25, 0.3) is 0 Å². The summed E-state index contributed by atoms with van der Waals surface area (Å²) in [7, 11) is 0. The van der Waals surface area contributed by atoms with E-state index >= 15 is 0 Å². The van der Waals surface area contributed by atoms with Crippen molar-refractivity contribution < 1.29 is 9.47 Å². The first-order valence-electron chi connectivity index (χ1n) is 9.99. The highest BCUT2D eigenvalue weighted by Gasteiger charge is 2.28. The first-order valence-corrected chi connectivity index (χ1v) is 9.99. The van der Waals surface area contributed by atoms with E-state index in [1.807, 2.05) is 6.07 Å². The van der Waals surface area contributed by atoms with Crippen LogP contribution in [0.15, 0.2) is 30.3 Å².